The van der Waals surface area contributed by atoms with E-state index in [-0.39, 0.29) is 11.7 Å². The SMILES string of the molecule is CC(C)Cn1c(SCC(=O)Nc2ccnn2C2CCCC2)nnc1-c1ccco1. The molecule has 1 N–H and O–H groups in total. The van der Waals surface area contributed by atoms with E-state index in [1.165, 1.54) is 24.6 Å². The van der Waals surface area contributed by atoms with Crippen molar-refractivity contribution in [1.82, 2.24) is 24.5 Å². The summed E-state index contributed by atoms with van der Waals surface area (Å²) < 4.78 is 9.46. The van der Waals surface area contributed by atoms with Crippen molar-refractivity contribution in [3.63, 3.8) is 0 Å². The van der Waals surface area contributed by atoms with Gasteiger partial charge in [0.2, 0.25) is 5.91 Å². The van der Waals surface area contributed by atoms with E-state index >= 15 is 0 Å². The third kappa shape index (κ3) is 4.55. The van der Waals surface area contributed by atoms with Crippen LogP contribution in [0.2, 0.25) is 0 Å². The number of nitrogens with zero attached hydrogens (tertiary/aromatic N) is 5. The smallest absolute Gasteiger partial charge is 0.235 e. The van der Waals surface area contributed by atoms with Gasteiger partial charge in [-0.15, -0.1) is 10.2 Å². The van der Waals surface area contributed by atoms with E-state index in [0.717, 1.165) is 25.2 Å². The molecule has 3 aromatic rings. The number of carbonyl (C=O) groups excluding carboxylic acids is 1. The Kier molecular flexibility index (Phi) is 6.03. The summed E-state index contributed by atoms with van der Waals surface area (Å²) in [5, 5.41) is 16.7. The summed E-state index contributed by atoms with van der Waals surface area (Å²) in [4.78, 5) is 12.6. The molecular formula is C20H26N6O2S. The van der Waals surface area contributed by atoms with Gasteiger partial charge in [-0.05, 0) is 30.9 Å². The molecule has 8 nitrogen and oxygen atoms in total. The fraction of sp³-hybridized carbons (Fsp3) is 0.500. The minimum absolute atomic E-state index is 0.0756. The van der Waals surface area contributed by atoms with Crippen LogP contribution in [0, 0.1) is 5.92 Å². The van der Waals surface area contributed by atoms with Crippen molar-refractivity contribution in [2.45, 2.75) is 57.3 Å². The van der Waals surface area contributed by atoms with Crippen molar-refractivity contribution < 1.29 is 9.21 Å². The molecule has 1 saturated carbocycles. The zero-order valence-corrected chi connectivity index (χ0v) is 17.6. The largest absolute Gasteiger partial charge is 0.461 e. The summed E-state index contributed by atoms with van der Waals surface area (Å²) in [5.74, 6) is 2.72. The number of aromatic nitrogens is 5. The van der Waals surface area contributed by atoms with Crippen molar-refractivity contribution in [2.24, 2.45) is 5.92 Å². The van der Waals surface area contributed by atoms with Crippen molar-refractivity contribution in [3.05, 3.63) is 30.7 Å². The van der Waals surface area contributed by atoms with Gasteiger partial charge in [0.1, 0.15) is 5.82 Å². The number of nitrogens with one attached hydrogen (secondary N) is 1. The first-order valence-corrected chi connectivity index (χ1v) is 11.0. The molecular weight excluding hydrogens is 388 g/mol. The van der Waals surface area contributed by atoms with Crippen molar-refractivity contribution in [2.75, 3.05) is 11.1 Å². The highest BCUT2D eigenvalue weighted by Gasteiger charge is 2.21. The van der Waals surface area contributed by atoms with E-state index in [1.807, 2.05) is 27.4 Å². The van der Waals surface area contributed by atoms with Crippen molar-refractivity contribution in [1.29, 1.82) is 0 Å². The van der Waals surface area contributed by atoms with Gasteiger partial charge in [-0.2, -0.15) is 5.10 Å². The minimum atomic E-state index is -0.0756. The summed E-state index contributed by atoms with van der Waals surface area (Å²) in [6.45, 7) is 5.02. The maximum Gasteiger partial charge on any atom is 0.235 e. The number of hydrogen-bond acceptors (Lipinski definition) is 6. The predicted octanol–water partition coefficient (Wildman–Crippen LogP) is 4.24. The predicted molar refractivity (Wildman–Crippen MR) is 112 cm³/mol. The summed E-state index contributed by atoms with van der Waals surface area (Å²) in [6.07, 6.45) is 8.04. The zero-order valence-electron chi connectivity index (χ0n) is 16.7. The average molecular weight is 415 g/mol. The highest BCUT2D eigenvalue weighted by atomic mass is 32.2. The van der Waals surface area contributed by atoms with Gasteiger partial charge in [0.25, 0.3) is 0 Å². The van der Waals surface area contributed by atoms with Gasteiger partial charge >= 0.3 is 0 Å². The lowest BCUT2D eigenvalue weighted by atomic mass is 10.2. The molecule has 0 saturated heterocycles. The molecule has 1 aliphatic rings. The van der Waals surface area contributed by atoms with E-state index in [9.17, 15) is 4.79 Å². The van der Waals surface area contributed by atoms with Gasteiger partial charge in [-0.3, -0.25) is 9.36 Å². The Hall–Kier alpha value is -2.55. The quantitative estimate of drug-likeness (QED) is 0.555. The average Bonchev–Trinajstić information content (AvgIpc) is 3.46. The number of amides is 1. The standard InChI is InChI=1S/C20H26N6O2S/c1-14(2)12-25-19(16-8-5-11-28-16)23-24-20(25)29-13-18(27)22-17-9-10-21-26(17)15-6-3-4-7-15/h5,8-11,14-15H,3-4,6-7,12-13H2,1-2H3,(H,22,27). The molecule has 0 aromatic carbocycles. The van der Waals surface area contributed by atoms with Crippen LogP contribution in [0.3, 0.4) is 0 Å². The Morgan fingerprint density at radius 2 is 2.14 bits per heavy atom. The first-order chi connectivity index (χ1) is 14.1. The monoisotopic (exact) mass is 414 g/mol. The van der Waals surface area contributed by atoms with Crippen molar-refractivity contribution in [3.8, 4) is 11.6 Å². The number of anilines is 1. The molecule has 3 heterocycles. The van der Waals surface area contributed by atoms with E-state index < -0.39 is 0 Å². The molecule has 0 spiro atoms. The lowest BCUT2D eigenvalue weighted by Gasteiger charge is -2.14. The number of furan rings is 1. The second kappa shape index (κ2) is 8.86. The topological polar surface area (TPSA) is 90.8 Å². The van der Waals surface area contributed by atoms with Crippen LogP contribution in [0.5, 0.6) is 0 Å². The molecule has 1 aliphatic carbocycles. The van der Waals surface area contributed by atoms with Gasteiger partial charge in [-0.25, -0.2) is 4.68 Å². The number of carbonyl (C=O) groups is 1. The number of rotatable bonds is 8. The molecule has 29 heavy (non-hydrogen) atoms. The third-order valence-corrected chi connectivity index (χ3v) is 5.91. The van der Waals surface area contributed by atoms with Gasteiger partial charge < -0.3 is 9.73 Å². The van der Waals surface area contributed by atoms with Gasteiger partial charge in [0, 0.05) is 12.6 Å². The molecule has 1 fully saturated rings. The molecule has 0 radical (unpaired) electrons. The second-order valence-electron chi connectivity index (χ2n) is 7.72. The Morgan fingerprint density at radius 1 is 1.31 bits per heavy atom. The van der Waals surface area contributed by atoms with Crippen LogP contribution < -0.4 is 5.32 Å². The molecule has 1 amide bonds. The molecule has 3 aromatic heterocycles. The zero-order chi connectivity index (χ0) is 20.2. The summed E-state index contributed by atoms with van der Waals surface area (Å²) in [5.41, 5.74) is 0. The first-order valence-electron chi connectivity index (χ1n) is 10.0. The van der Waals surface area contributed by atoms with Crippen LogP contribution >= 0.6 is 11.8 Å². The third-order valence-electron chi connectivity index (χ3n) is 4.95. The van der Waals surface area contributed by atoms with Crippen LogP contribution in [0.15, 0.2) is 40.2 Å². The maximum absolute atomic E-state index is 12.6. The molecule has 4 rings (SSSR count). The normalized spacial score (nSPS) is 14.7. The number of thioether (sulfide) groups is 1. The fourth-order valence-electron chi connectivity index (χ4n) is 3.68. The molecule has 0 aliphatic heterocycles. The van der Waals surface area contributed by atoms with Crippen molar-refractivity contribution >= 4 is 23.5 Å². The van der Waals surface area contributed by atoms with Gasteiger partial charge in [-0.1, -0.05) is 38.5 Å². The lowest BCUT2D eigenvalue weighted by Crippen LogP contribution is -2.19. The maximum atomic E-state index is 12.6. The van der Waals surface area contributed by atoms with Gasteiger partial charge in [0.15, 0.2) is 16.7 Å². The van der Waals surface area contributed by atoms with E-state index in [1.54, 1.807) is 12.5 Å². The van der Waals surface area contributed by atoms with Crippen LogP contribution in [0.4, 0.5) is 5.82 Å². The Balaban J connectivity index is 1.42. The summed E-state index contributed by atoms with van der Waals surface area (Å²) in [6, 6.07) is 5.94. The highest BCUT2D eigenvalue weighted by molar-refractivity contribution is 7.99. The molecule has 0 unspecified atom stereocenters. The van der Waals surface area contributed by atoms with E-state index in [2.05, 4.69) is 34.5 Å². The summed E-state index contributed by atoms with van der Waals surface area (Å²) in [7, 11) is 0. The van der Waals surface area contributed by atoms with E-state index in [0.29, 0.717) is 28.7 Å². The van der Waals surface area contributed by atoms with Crippen LogP contribution in [0.1, 0.15) is 45.6 Å². The molecule has 0 bridgehead atoms. The fourth-order valence-corrected chi connectivity index (χ4v) is 4.42. The Morgan fingerprint density at radius 3 is 2.86 bits per heavy atom. The molecule has 9 heteroatoms. The summed E-state index contributed by atoms with van der Waals surface area (Å²) >= 11 is 1.38. The highest BCUT2D eigenvalue weighted by Crippen LogP contribution is 2.31. The second-order valence-corrected chi connectivity index (χ2v) is 8.67. The minimum Gasteiger partial charge on any atom is -0.461 e. The Bertz CT molecular complexity index is 940. The Labute approximate surface area is 174 Å². The molecule has 154 valence electrons. The van der Waals surface area contributed by atoms with E-state index in [4.69, 9.17) is 4.42 Å². The van der Waals surface area contributed by atoms with Crippen LogP contribution in [-0.2, 0) is 11.3 Å². The first kappa shape index (κ1) is 19.8. The lowest BCUT2D eigenvalue weighted by molar-refractivity contribution is -0.113. The molecule has 0 atom stereocenters. The number of hydrogen-bond donors (Lipinski definition) is 1. The van der Waals surface area contributed by atoms with Crippen LogP contribution in [0.25, 0.3) is 11.6 Å². The van der Waals surface area contributed by atoms with Crippen LogP contribution in [-0.4, -0.2) is 36.2 Å². The van der Waals surface area contributed by atoms with Gasteiger partial charge in [0.05, 0.1) is 24.3 Å².